The van der Waals surface area contributed by atoms with E-state index in [9.17, 15) is 12.8 Å². The van der Waals surface area contributed by atoms with E-state index in [0.29, 0.717) is 6.42 Å². The van der Waals surface area contributed by atoms with Crippen LogP contribution in [0.5, 0.6) is 0 Å². The molecule has 6 heteroatoms. The Kier molecular flexibility index (Phi) is 4.29. The Hall–Kier alpha value is -0.650. The van der Waals surface area contributed by atoms with Crippen molar-refractivity contribution in [2.45, 2.75) is 31.2 Å². The fourth-order valence-corrected chi connectivity index (χ4v) is 2.93. The average molecular weight is 266 g/mol. The summed E-state index contributed by atoms with van der Waals surface area (Å²) in [6, 6.07) is 3.03. The summed E-state index contributed by atoms with van der Waals surface area (Å²) in [7, 11) is -3.75. The fraction of sp³-hybridized carbons (Fsp3) is 0.400. The Morgan fingerprint density at radius 1 is 1.50 bits per heavy atom. The van der Waals surface area contributed by atoms with Gasteiger partial charge in [-0.05, 0) is 31.5 Å². The molecule has 0 aromatic heterocycles. The van der Waals surface area contributed by atoms with Crippen molar-refractivity contribution in [3.8, 4) is 0 Å². The smallest absolute Gasteiger partial charge is 0.208 e. The summed E-state index contributed by atoms with van der Waals surface area (Å²) in [5.41, 5.74) is 0. The van der Waals surface area contributed by atoms with Gasteiger partial charge in [-0.2, -0.15) is 0 Å². The van der Waals surface area contributed by atoms with Crippen molar-refractivity contribution in [2.24, 2.45) is 0 Å². The molecule has 1 aromatic carbocycles. The molecule has 0 saturated carbocycles. The molecule has 1 unspecified atom stereocenters. The SMILES string of the molecule is CCC(C)NS(=O)(=O)c1cc(F)ccc1Cl. The molecule has 0 radical (unpaired) electrons. The lowest BCUT2D eigenvalue weighted by Gasteiger charge is -2.12. The van der Waals surface area contributed by atoms with E-state index < -0.39 is 15.8 Å². The highest BCUT2D eigenvalue weighted by molar-refractivity contribution is 7.89. The van der Waals surface area contributed by atoms with Crippen molar-refractivity contribution >= 4 is 21.6 Å². The van der Waals surface area contributed by atoms with E-state index in [1.54, 1.807) is 6.92 Å². The number of halogens is 2. The van der Waals surface area contributed by atoms with E-state index >= 15 is 0 Å². The summed E-state index contributed by atoms with van der Waals surface area (Å²) < 4.78 is 39.0. The second-order valence-corrected chi connectivity index (χ2v) is 5.59. The predicted octanol–water partition coefficient (Wildman–Crippen LogP) is 2.56. The molecule has 1 aromatic rings. The molecule has 0 spiro atoms. The first-order valence-corrected chi connectivity index (χ1v) is 6.70. The van der Waals surface area contributed by atoms with E-state index in [0.717, 1.165) is 12.1 Å². The summed E-state index contributed by atoms with van der Waals surface area (Å²) in [6.07, 6.45) is 0.645. The highest BCUT2D eigenvalue weighted by Crippen LogP contribution is 2.22. The number of hydrogen-bond donors (Lipinski definition) is 1. The van der Waals surface area contributed by atoms with E-state index in [2.05, 4.69) is 4.72 Å². The van der Waals surface area contributed by atoms with Gasteiger partial charge in [-0.25, -0.2) is 17.5 Å². The zero-order valence-corrected chi connectivity index (χ0v) is 10.6. The molecule has 0 fully saturated rings. The second kappa shape index (κ2) is 5.12. The van der Waals surface area contributed by atoms with Gasteiger partial charge in [0.15, 0.2) is 0 Å². The van der Waals surface area contributed by atoms with Crippen molar-refractivity contribution in [1.82, 2.24) is 4.72 Å². The van der Waals surface area contributed by atoms with Crippen LogP contribution in [0.25, 0.3) is 0 Å². The maximum Gasteiger partial charge on any atom is 0.242 e. The van der Waals surface area contributed by atoms with Crippen LogP contribution < -0.4 is 4.72 Å². The van der Waals surface area contributed by atoms with Crippen molar-refractivity contribution in [3.63, 3.8) is 0 Å². The summed E-state index contributed by atoms with van der Waals surface area (Å²) in [5, 5.41) is 0.0113. The maximum absolute atomic E-state index is 12.9. The minimum atomic E-state index is -3.75. The molecular formula is C10H13ClFNO2S. The summed E-state index contributed by atoms with van der Waals surface area (Å²) >= 11 is 5.72. The largest absolute Gasteiger partial charge is 0.242 e. The minimum Gasteiger partial charge on any atom is -0.208 e. The van der Waals surface area contributed by atoms with Crippen LogP contribution in [0.2, 0.25) is 5.02 Å². The molecule has 16 heavy (non-hydrogen) atoms. The number of benzene rings is 1. The molecule has 3 nitrogen and oxygen atoms in total. The standard InChI is InChI=1S/C10H13ClFNO2S/c1-3-7(2)13-16(14,15)10-6-8(12)4-5-9(10)11/h4-7,13H,3H2,1-2H3. The number of nitrogens with one attached hydrogen (secondary N) is 1. The van der Waals surface area contributed by atoms with Crippen LogP contribution in [0, 0.1) is 5.82 Å². The van der Waals surface area contributed by atoms with E-state index in [-0.39, 0.29) is 16.0 Å². The highest BCUT2D eigenvalue weighted by atomic mass is 35.5. The molecule has 1 rings (SSSR count). The van der Waals surface area contributed by atoms with Crippen LogP contribution in [0.15, 0.2) is 23.1 Å². The molecule has 1 N–H and O–H groups in total. The number of sulfonamides is 1. The van der Waals surface area contributed by atoms with Crippen LogP contribution >= 0.6 is 11.6 Å². The zero-order valence-electron chi connectivity index (χ0n) is 9.00. The van der Waals surface area contributed by atoms with Gasteiger partial charge in [-0.15, -0.1) is 0 Å². The zero-order chi connectivity index (χ0) is 12.3. The van der Waals surface area contributed by atoms with Crippen LogP contribution in [-0.2, 0) is 10.0 Å². The predicted molar refractivity (Wildman–Crippen MR) is 61.5 cm³/mol. The number of hydrogen-bond acceptors (Lipinski definition) is 2. The number of rotatable bonds is 4. The van der Waals surface area contributed by atoms with Crippen LogP contribution in [0.3, 0.4) is 0 Å². The Morgan fingerprint density at radius 3 is 2.69 bits per heavy atom. The molecule has 0 aliphatic heterocycles. The molecule has 0 heterocycles. The molecule has 0 aliphatic rings. The van der Waals surface area contributed by atoms with Crippen LogP contribution in [0.4, 0.5) is 4.39 Å². The Labute approximate surface area is 99.7 Å². The first-order chi connectivity index (χ1) is 7.36. The van der Waals surface area contributed by atoms with E-state index in [4.69, 9.17) is 11.6 Å². The lowest BCUT2D eigenvalue weighted by molar-refractivity contribution is 0.553. The fourth-order valence-electron chi connectivity index (χ4n) is 1.09. The average Bonchev–Trinajstić information content (AvgIpc) is 2.20. The molecule has 0 bridgehead atoms. The topological polar surface area (TPSA) is 46.2 Å². The van der Waals surface area contributed by atoms with Gasteiger partial charge in [0.1, 0.15) is 10.7 Å². The monoisotopic (exact) mass is 265 g/mol. The molecule has 90 valence electrons. The van der Waals surface area contributed by atoms with Crippen LogP contribution in [-0.4, -0.2) is 14.5 Å². The van der Waals surface area contributed by atoms with E-state index in [1.807, 2.05) is 6.92 Å². The van der Waals surface area contributed by atoms with Gasteiger partial charge in [0.2, 0.25) is 10.0 Å². The minimum absolute atomic E-state index is 0.0113. The summed E-state index contributed by atoms with van der Waals surface area (Å²) in [6.45, 7) is 3.57. The van der Waals surface area contributed by atoms with Crippen molar-refractivity contribution in [1.29, 1.82) is 0 Å². The van der Waals surface area contributed by atoms with Gasteiger partial charge >= 0.3 is 0 Å². The molecule has 0 aliphatic carbocycles. The van der Waals surface area contributed by atoms with Gasteiger partial charge < -0.3 is 0 Å². The van der Waals surface area contributed by atoms with Gasteiger partial charge in [0, 0.05) is 6.04 Å². The summed E-state index contributed by atoms with van der Waals surface area (Å²) in [4.78, 5) is -0.227. The Morgan fingerprint density at radius 2 is 2.12 bits per heavy atom. The normalized spacial score (nSPS) is 13.8. The molecule has 1 atom stereocenters. The Bertz CT molecular complexity index is 476. The lowest BCUT2D eigenvalue weighted by Crippen LogP contribution is -2.32. The Balaban J connectivity index is 3.12. The lowest BCUT2D eigenvalue weighted by atomic mass is 10.3. The molecular weight excluding hydrogens is 253 g/mol. The first kappa shape index (κ1) is 13.4. The first-order valence-electron chi connectivity index (χ1n) is 4.84. The highest BCUT2D eigenvalue weighted by Gasteiger charge is 2.20. The third-order valence-corrected chi connectivity index (χ3v) is 4.22. The van der Waals surface area contributed by atoms with Gasteiger partial charge in [-0.3, -0.25) is 0 Å². The molecule has 0 saturated heterocycles. The second-order valence-electron chi connectivity index (χ2n) is 3.51. The third-order valence-electron chi connectivity index (χ3n) is 2.15. The quantitative estimate of drug-likeness (QED) is 0.909. The van der Waals surface area contributed by atoms with Crippen LogP contribution in [0.1, 0.15) is 20.3 Å². The molecule has 0 amide bonds. The summed E-state index contributed by atoms with van der Waals surface area (Å²) in [5.74, 6) is -0.631. The van der Waals surface area contributed by atoms with Crippen molar-refractivity contribution in [3.05, 3.63) is 29.0 Å². The van der Waals surface area contributed by atoms with Gasteiger partial charge in [0.25, 0.3) is 0 Å². The third kappa shape index (κ3) is 3.17. The van der Waals surface area contributed by atoms with Crippen molar-refractivity contribution in [2.75, 3.05) is 0 Å². The van der Waals surface area contributed by atoms with Crippen molar-refractivity contribution < 1.29 is 12.8 Å². The van der Waals surface area contributed by atoms with E-state index in [1.165, 1.54) is 6.07 Å². The van der Waals surface area contributed by atoms with Gasteiger partial charge in [-0.1, -0.05) is 18.5 Å². The maximum atomic E-state index is 12.9. The van der Waals surface area contributed by atoms with Gasteiger partial charge in [0.05, 0.1) is 5.02 Å².